The zero-order valence-corrected chi connectivity index (χ0v) is 17.9. The highest BCUT2D eigenvalue weighted by Gasteiger charge is 2.21. The molecule has 7 heteroatoms. The van der Waals surface area contributed by atoms with E-state index in [9.17, 15) is 9.18 Å². The molecule has 0 spiro atoms. The second kappa shape index (κ2) is 9.06. The number of hydrogen-bond donors (Lipinski definition) is 0. The first-order valence-electron chi connectivity index (χ1n) is 9.77. The quantitative estimate of drug-likeness (QED) is 0.284. The Balaban J connectivity index is 1.71. The molecule has 0 fully saturated rings. The molecule has 4 rings (SSSR count). The first-order valence-corrected chi connectivity index (χ1v) is 10.6. The summed E-state index contributed by atoms with van der Waals surface area (Å²) in [6, 6.07) is 19.0. The Morgan fingerprint density at radius 2 is 1.87 bits per heavy atom. The Morgan fingerprint density at radius 3 is 2.58 bits per heavy atom. The number of benzene rings is 3. The summed E-state index contributed by atoms with van der Waals surface area (Å²) in [6.45, 7) is 4.45. The molecular formula is C24H20FN3O2S. The fourth-order valence-corrected chi connectivity index (χ4v) is 3.87. The number of halogens is 1. The topological polar surface area (TPSA) is 54.8 Å². The molecule has 0 aliphatic carbocycles. The molecule has 0 atom stereocenters. The van der Waals surface area contributed by atoms with E-state index in [1.54, 1.807) is 36.5 Å². The number of aromatic nitrogens is 1. The van der Waals surface area contributed by atoms with Crippen LogP contribution in [0.4, 0.5) is 9.52 Å². The van der Waals surface area contributed by atoms with Crippen LogP contribution in [-0.4, -0.2) is 23.7 Å². The normalized spacial score (nSPS) is 11.2. The molecule has 0 aliphatic rings. The summed E-state index contributed by atoms with van der Waals surface area (Å²) in [4.78, 5) is 17.8. The number of amides is 1. The van der Waals surface area contributed by atoms with Gasteiger partial charge in [-0.15, -0.1) is 0 Å². The van der Waals surface area contributed by atoms with E-state index in [0.717, 1.165) is 11.1 Å². The van der Waals surface area contributed by atoms with Crippen molar-refractivity contribution in [1.82, 2.24) is 4.98 Å². The van der Waals surface area contributed by atoms with Crippen molar-refractivity contribution in [1.29, 1.82) is 0 Å². The lowest BCUT2D eigenvalue weighted by Gasteiger charge is -2.14. The van der Waals surface area contributed by atoms with E-state index in [0.29, 0.717) is 33.3 Å². The molecule has 0 aliphatic heterocycles. The van der Waals surface area contributed by atoms with Gasteiger partial charge in [0.05, 0.1) is 23.0 Å². The van der Waals surface area contributed by atoms with Crippen molar-refractivity contribution in [2.24, 2.45) is 5.10 Å². The van der Waals surface area contributed by atoms with Crippen LogP contribution in [0.25, 0.3) is 10.2 Å². The number of aryl methyl sites for hydroxylation is 1. The number of carbonyl (C=O) groups excluding carboxylic acids is 1. The van der Waals surface area contributed by atoms with E-state index in [-0.39, 0.29) is 11.7 Å². The maximum absolute atomic E-state index is 13.6. The Kier molecular flexibility index (Phi) is 6.04. The lowest BCUT2D eigenvalue weighted by Crippen LogP contribution is -2.25. The third-order valence-electron chi connectivity index (χ3n) is 4.52. The predicted molar refractivity (Wildman–Crippen MR) is 123 cm³/mol. The van der Waals surface area contributed by atoms with Crippen molar-refractivity contribution >= 4 is 38.8 Å². The zero-order chi connectivity index (χ0) is 21.8. The zero-order valence-electron chi connectivity index (χ0n) is 17.1. The third kappa shape index (κ3) is 4.78. The Bertz CT molecular complexity index is 1230. The van der Waals surface area contributed by atoms with Crippen molar-refractivity contribution in [3.8, 4) is 5.75 Å². The number of hydrazone groups is 1. The lowest BCUT2D eigenvalue weighted by atomic mass is 10.2. The summed E-state index contributed by atoms with van der Waals surface area (Å²) in [5.74, 6) is -0.00889. The Morgan fingerprint density at radius 1 is 1.13 bits per heavy atom. The first-order chi connectivity index (χ1) is 15.0. The summed E-state index contributed by atoms with van der Waals surface area (Å²) in [6.07, 6.45) is 1.61. The van der Waals surface area contributed by atoms with Gasteiger partial charge in [0.2, 0.25) is 5.13 Å². The van der Waals surface area contributed by atoms with Gasteiger partial charge in [0.15, 0.2) is 0 Å². The van der Waals surface area contributed by atoms with Crippen molar-refractivity contribution in [3.63, 3.8) is 0 Å². The van der Waals surface area contributed by atoms with Crippen LogP contribution < -0.4 is 9.75 Å². The van der Waals surface area contributed by atoms with Gasteiger partial charge in [-0.05, 0) is 61.9 Å². The number of fused-ring (bicyclic) bond motifs is 1. The molecular weight excluding hydrogens is 413 g/mol. The van der Waals surface area contributed by atoms with Crippen LogP contribution in [0.2, 0.25) is 0 Å². The molecule has 0 radical (unpaired) electrons. The minimum Gasteiger partial charge on any atom is -0.494 e. The Hall–Kier alpha value is -3.58. The highest BCUT2D eigenvalue weighted by molar-refractivity contribution is 7.22. The van der Waals surface area contributed by atoms with Crippen molar-refractivity contribution < 1.29 is 13.9 Å². The van der Waals surface area contributed by atoms with Gasteiger partial charge in [-0.1, -0.05) is 41.2 Å². The van der Waals surface area contributed by atoms with Gasteiger partial charge < -0.3 is 4.74 Å². The van der Waals surface area contributed by atoms with Crippen LogP contribution in [0.1, 0.15) is 28.4 Å². The minimum atomic E-state index is -0.352. The third-order valence-corrected chi connectivity index (χ3v) is 5.52. The maximum Gasteiger partial charge on any atom is 0.280 e. The number of ether oxygens (including phenoxy) is 1. The van der Waals surface area contributed by atoms with Crippen molar-refractivity contribution in [3.05, 3.63) is 89.2 Å². The van der Waals surface area contributed by atoms with Gasteiger partial charge in [0.25, 0.3) is 5.91 Å². The minimum absolute atomic E-state index is 0.342. The van der Waals surface area contributed by atoms with E-state index in [1.807, 2.05) is 38.1 Å². The van der Waals surface area contributed by atoms with Gasteiger partial charge in [0, 0.05) is 5.56 Å². The molecule has 3 aromatic carbocycles. The number of thiazole rings is 1. The molecule has 1 amide bonds. The molecule has 0 saturated heterocycles. The summed E-state index contributed by atoms with van der Waals surface area (Å²) in [7, 11) is 0. The fourth-order valence-electron chi connectivity index (χ4n) is 2.93. The largest absolute Gasteiger partial charge is 0.494 e. The van der Waals surface area contributed by atoms with Gasteiger partial charge in [-0.2, -0.15) is 10.1 Å². The monoisotopic (exact) mass is 433 g/mol. The summed E-state index contributed by atoms with van der Waals surface area (Å²) >= 11 is 1.21. The van der Waals surface area contributed by atoms with Gasteiger partial charge in [-0.3, -0.25) is 4.79 Å². The van der Waals surface area contributed by atoms with Crippen LogP contribution in [-0.2, 0) is 0 Å². The SMILES string of the molecule is CCOc1ccc(C(=O)N(/N=C/c2ccc(C)cc2)c2nc3ccc(F)cc3s2)cc1. The second-order valence-corrected chi connectivity index (χ2v) is 7.85. The number of anilines is 1. The molecule has 1 heterocycles. The highest BCUT2D eigenvalue weighted by atomic mass is 32.1. The van der Waals surface area contributed by atoms with E-state index in [1.165, 1.54) is 28.5 Å². The van der Waals surface area contributed by atoms with E-state index in [4.69, 9.17) is 4.74 Å². The summed E-state index contributed by atoms with van der Waals surface area (Å²) in [5, 5.41) is 6.04. The molecule has 31 heavy (non-hydrogen) atoms. The van der Waals surface area contributed by atoms with Crippen molar-refractivity contribution in [2.75, 3.05) is 11.6 Å². The van der Waals surface area contributed by atoms with Gasteiger partial charge >= 0.3 is 0 Å². The van der Waals surface area contributed by atoms with Crippen LogP contribution in [0.3, 0.4) is 0 Å². The number of nitrogens with zero attached hydrogens (tertiary/aromatic N) is 3. The van der Waals surface area contributed by atoms with E-state index >= 15 is 0 Å². The molecule has 0 unspecified atom stereocenters. The second-order valence-electron chi connectivity index (χ2n) is 6.84. The molecule has 1 aromatic heterocycles. The molecule has 0 bridgehead atoms. The van der Waals surface area contributed by atoms with Crippen LogP contribution in [0, 0.1) is 12.7 Å². The number of rotatable bonds is 6. The smallest absolute Gasteiger partial charge is 0.280 e. The van der Waals surface area contributed by atoms with Crippen LogP contribution in [0.5, 0.6) is 5.75 Å². The predicted octanol–water partition coefficient (Wildman–Crippen LogP) is 5.82. The average Bonchev–Trinajstić information content (AvgIpc) is 3.18. The van der Waals surface area contributed by atoms with Crippen LogP contribution >= 0.6 is 11.3 Å². The molecule has 4 aromatic rings. The molecule has 5 nitrogen and oxygen atoms in total. The molecule has 0 saturated carbocycles. The lowest BCUT2D eigenvalue weighted by molar-refractivity contribution is 0.0988. The standard InChI is InChI=1S/C24H20FN3O2S/c1-3-30-20-11-8-18(9-12-20)23(29)28(26-15-17-6-4-16(2)5-7-17)24-27-21-13-10-19(25)14-22(21)31-24/h4-15H,3H2,1-2H3/b26-15+. The van der Waals surface area contributed by atoms with Gasteiger partial charge in [-0.25, -0.2) is 9.37 Å². The van der Waals surface area contributed by atoms with Gasteiger partial charge in [0.1, 0.15) is 11.6 Å². The summed E-state index contributed by atoms with van der Waals surface area (Å²) < 4.78 is 19.7. The van der Waals surface area contributed by atoms with Crippen molar-refractivity contribution in [2.45, 2.75) is 13.8 Å². The Labute approximate surface area is 183 Å². The molecule has 0 N–H and O–H groups in total. The highest BCUT2D eigenvalue weighted by Crippen LogP contribution is 2.30. The first kappa shape index (κ1) is 20.7. The molecule has 156 valence electrons. The van der Waals surface area contributed by atoms with E-state index in [2.05, 4.69) is 10.1 Å². The maximum atomic E-state index is 13.6. The number of carbonyl (C=O) groups is 1. The number of hydrogen-bond acceptors (Lipinski definition) is 5. The fraction of sp³-hybridized carbons (Fsp3) is 0.125. The van der Waals surface area contributed by atoms with Crippen LogP contribution in [0.15, 0.2) is 71.8 Å². The average molecular weight is 434 g/mol. The summed E-state index contributed by atoms with van der Waals surface area (Å²) in [5.41, 5.74) is 3.03. The van der Waals surface area contributed by atoms with E-state index < -0.39 is 0 Å².